The number of benzene rings is 2. The highest BCUT2D eigenvalue weighted by Gasteiger charge is 2.14. The molecule has 27 heavy (non-hydrogen) atoms. The van der Waals surface area contributed by atoms with E-state index in [0.717, 1.165) is 11.1 Å². The van der Waals surface area contributed by atoms with Gasteiger partial charge in [0, 0.05) is 17.2 Å². The van der Waals surface area contributed by atoms with Crippen LogP contribution in [-0.4, -0.2) is 22.1 Å². The molecule has 136 valence electrons. The number of carbonyl (C=O) groups is 2. The maximum absolute atomic E-state index is 12.2. The molecule has 0 saturated heterocycles. The largest absolute Gasteiger partial charge is 0.477 e. The Bertz CT molecular complexity index is 989. The number of nitrogens with one attached hydrogen (secondary N) is 1. The van der Waals surface area contributed by atoms with Crippen molar-refractivity contribution >= 4 is 18.0 Å². The lowest BCUT2D eigenvalue weighted by atomic mass is 10.1. The fourth-order valence-electron chi connectivity index (χ4n) is 2.49. The van der Waals surface area contributed by atoms with Crippen molar-refractivity contribution in [3.63, 3.8) is 0 Å². The minimum Gasteiger partial charge on any atom is -0.477 e. The van der Waals surface area contributed by atoms with Gasteiger partial charge in [-0.25, -0.2) is 4.79 Å². The number of carbonyl (C=O) groups excluding carboxylic acids is 1. The minimum atomic E-state index is -1.28. The third kappa shape index (κ3) is 4.50. The first kappa shape index (κ1) is 18.2. The first-order valence-electron chi connectivity index (χ1n) is 8.18. The quantitative estimate of drug-likeness (QED) is 0.584. The molecule has 0 saturated carbocycles. The van der Waals surface area contributed by atoms with Gasteiger partial charge in [-0.05, 0) is 35.9 Å². The van der Waals surface area contributed by atoms with Crippen molar-refractivity contribution in [2.45, 2.75) is 6.61 Å². The summed E-state index contributed by atoms with van der Waals surface area (Å²) in [4.78, 5) is 23.7. The maximum atomic E-state index is 12.2. The van der Waals surface area contributed by atoms with Crippen molar-refractivity contribution < 1.29 is 24.2 Å². The number of hydrogen-bond acceptors (Lipinski definition) is 4. The Hall–Kier alpha value is -3.64. The predicted molar refractivity (Wildman–Crippen MR) is 99.6 cm³/mol. The van der Waals surface area contributed by atoms with Crippen LogP contribution < -0.4 is 5.32 Å². The summed E-state index contributed by atoms with van der Waals surface area (Å²) in [6.07, 6.45) is 1.25. The van der Waals surface area contributed by atoms with Crippen LogP contribution in [0.25, 0.3) is 17.4 Å². The van der Waals surface area contributed by atoms with Crippen molar-refractivity contribution in [2.24, 2.45) is 0 Å². The van der Waals surface area contributed by atoms with Crippen LogP contribution in [0.5, 0.6) is 0 Å². The molecule has 0 aliphatic rings. The van der Waals surface area contributed by atoms with Gasteiger partial charge in [0.1, 0.15) is 17.2 Å². The standard InChI is InChI=1S/C21H17NO5/c23-13-14-5-4-8-16(11-14)19-10-9-17(27-19)12-18(21(25)26)22-20(24)15-6-2-1-3-7-15/h1-12,23H,13H2,(H,22,24)(H,25,26)/b18-12+. The molecule has 3 aromatic rings. The summed E-state index contributed by atoms with van der Waals surface area (Å²) < 4.78 is 5.66. The number of carboxylic acid groups (broad SMARTS) is 1. The Labute approximate surface area is 155 Å². The van der Waals surface area contributed by atoms with Crippen LogP contribution in [0.15, 0.2) is 76.8 Å². The smallest absolute Gasteiger partial charge is 0.352 e. The third-order valence-corrected chi connectivity index (χ3v) is 3.82. The molecule has 0 aliphatic heterocycles. The van der Waals surface area contributed by atoms with Crippen LogP contribution in [0, 0.1) is 0 Å². The summed E-state index contributed by atoms with van der Waals surface area (Å²) in [6.45, 7) is -0.0873. The van der Waals surface area contributed by atoms with Gasteiger partial charge in [0.05, 0.1) is 6.61 Å². The molecule has 0 spiro atoms. The normalized spacial score (nSPS) is 11.2. The van der Waals surface area contributed by atoms with Gasteiger partial charge in [0.2, 0.25) is 0 Å². The summed E-state index contributed by atoms with van der Waals surface area (Å²) in [7, 11) is 0. The van der Waals surface area contributed by atoms with Crippen molar-refractivity contribution in [2.75, 3.05) is 0 Å². The SMILES string of the molecule is O=C(O)/C(=C\c1ccc(-c2cccc(CO)c2)o1)NC(=O)c1ccccc1. The number of hydrogen-bond donors (Lipinski definition) is 3. The first-order valence-corrected chi connectivity index (χ1v) is 8.18. The van der Waals surface area contributed by atoms with Gasteiger partial charge in [-0.2, -0.15) is 0 Å². The van der Waals surface area contributed by atoms with Gasteiger partial charge in [-0.3, -0.25) is 4.79 Å². The monoisotopic (exact) mass is 363 g/mol. The summed E-state index contributed by atoms with van der Waals surface area (Å²) >= 11 is 0. The van der Waals surface area contributed by atoms with E-state index in [1.165, 1.54) is 6.08 Å². The van der Waals surface area contributed by atoms with E-state index < -0.39 is 11.9 Å². The van der Waals surface area contributed by atoms with Crippen LogP contribution in [-0.2, 0) is 11.4 Å². The molecular weight excluding hydrogens is 346 g/mol. The van der Waals surface area contributed by atoms with Crippen LogP contribution >= 0.6 is 0 Å². The van der Waals surface area contributed by atoms with Crippen molar-refractivity contribution in [1.29, 1.82) is 0 Å². The van der Waals surface area contributed by atoms with Gasteiger partial charge in [0.15, 0.2) is 0 Å². The molecule has 3 rings (SSSR count). The molecule has 0 aliphatic carbocycles. The van der Waals surface area contributed by atoms with Crippen LogP contribution in [0.2, 0.25) is 0 Å². The van der Waals surface area contributed by atoms with E-state index in [1.54, 1.807) is 60.7 Å². The first-order chi connectivity index (χ1) is 13.1. The average molecular weight is 363 g/mol. The van der Waals surface area contributed by atoms with Crippen molar-refractivity contribution in [3.05, 3.63) is 89.3 Å². The molecule has 0 bridgehead atoms. The molecule has 0 radical (unpaired) electrons. The lowest BCUT2D eigenvalue weighted by Gasteiger charge is -2.05. The van der Waals surface area contributed by atoms with Crippen LogP contribution in [0.3, 0.4) is 0 Å². The van der Waals surface area contributed by atoms with E-state index in [4.69, 9.17) is 4.42 Å². The van der Waals surface area contributed by atoms with Crippen LogP contribution in [0.1, 0.15) is 21.7 Å². The zero-order valence-electron chi connectivity index (χ0n) is 14.3. The van der Waals surface area contributed by atoms with Gasteiger partial charge in [-0.1, -0.05) is 36.4 Å². The molecule has 3 N–H and O–H groups in total. The lowest BCUT2D eigenvalue weighted by Crippen LogP contribution is -2.27. The molecule has 1 aromatic heterocycles. The zero-order valence-corrected chi connectivity index (χ0v) is 14.3. The molecule has 1 heterocycles. The Morgan fingerprint density at radius 2 is 1.78 bits per heavy atom. The van der Waals surface area contributed by atoms with Crippen molar-refractivity contribution in [3.8, 4) is 11.3 Å². The molecule has 6 heteroatoms. The second-order valence-electron chi connectivity index (χ2n) is 5.74. The van der Waals surface area contributed by atoms with Gasteiger partial charge in [-0.15, -0.1) is 0 Å². The Morgan fingerprint density at radius 1 is 1.00 bits per heavy atom. The molecule has 6 nitrogen and oxygen atoms in total. The highest BCUT2D eigenvalue weighted by atomic mass is 16.4. The number of furan rings is 1. The predicted octanol–water partition coefficient (Wildman–Crippen LogP) is 3.29. The number of amides is 1. The third-order valence-electron chi connectivity index (χ3n) is 3.82. The summed E-state index contributed by atoms with van der Waals surface area (Å²) in [5, 5.41) is 21.0. The molecule has 0 atom stereocenters. The number of aliphatic hydroxyl groups excluding tert-OH is 1. The Kier molecular flexibility index (Phi) is 5.49. The highest BCUT2D eigenvalue weighted by Crippen LogP contribution is 2.24. The lowest BCUT2D eigenvalue weighted by molar-refractivity contribution is -0.132. The maximum Gasteiger partial charge on any atom is 0.352 e. The number of aliphatic carboxylic acids is 1. The number of rotatable bonds is 6. The summed E-state index contributed by atoms with van der Waals surface area (Å²) in [6, 6.07) is 18.8. The van der Waals surface area contributed by atoms with Crippen molar-refractivity contribution in [1.82, 2.24) is 5.32 Å². The van der Waals surface area contributed by atoms with E-state index in [0.29, 0.717) is 11.3 Å². The fourth-order valence-corrected chi connectivity index (χ4v) is 2.49. The van der Waals surface area contributed by atoms with E-state index >= 15 is 0 Å². The number of carboxylic acids is 1. The molecular formula is C21H17NO5. The molecule has 2 aromatic carbocycles. The van der Waals surface area contributed by atoms with Gasteiger partial charge >= 0.3 is 5.97 Å². The van der Waals surface area contributed by atoms with E-state index in [1.807, 2.05) is 6.07 Å². The fraction of sp³-hybridized carbons (Fsp3) is 0.0476. The highest BCUT2D eigenvalue weighted by molar-refractivity contribution is 6.02. The van der Waals surface area contributed by atoms with Gasteiger partial charge < -0.3 is 19.9 Å². The molecule has 0 fully saturated rings. The second kappa shape index (κ2) is 8.16. The molecule has 0 unspecified atom stereocenters. The average Bonchev–Trinajstić information content (AvgIpc) is 3.16. The Morgan fingerprint density at radius 3 is 2.48 bits per heavy atom. The molecule has 1 amide bonds. The topological polar surface area (TPSA) is 99.8 Å². The van der Waals surface area contributed by atoms with Crippen LogP contribution in [0.4, 0.5) is 0 Å². The zero-order chi connectivity index (χ0) is 19.2. The second-order valence-corrected chi connectivity index (χ2v) is 5.74. The van der Waals surface area contributed by atoms with E-state index in [2.05, 4.69) is 5.32 Å². The van der Waals surface area contributed by atoms with E-state index in [9.17, 15) is 19.8 Å². The van der Waals surface area contributed by atoms with E-state index in [-0.39, 0.29) is 18.1 Å². The number of aliphatic hydroxyl groups is 1. The summed E-state index contributed by atoms with van der Waals surface area (Å²) in [5.74, 6) is -0.993. The minimum absolute atomic E-state index is 0.0873. The van der Waals surface area contributed by atoms with Gasteiger partial charge in [0.25, 0.3) is 5.91 Å². The summed E-state index contributed by atoms with van der Waals surface area (Å²) in [5.41, 5.74) is 1.55. The Balaban J connectivity index is 1.83.